The summed E-state index contributed by atoms with van der Waals surface area (Å²) in [6.07, 6.45) is 0. The Balaban J connectivity index is 3.05. The third-order valence-electron chi connectivity index (χ3n) is 0.182. The number of hydrogen-bond acceptors (Lipinski definition) is 3. The minimum atomic E-state index is 0.477. The molecule has 2 N–H and O–H groups in total. The van der Waals surface area contributed by atoms with Gasteiger partial charge in [0, 0.05) is 11.9 Å². The average Bonchev–Trinajstić information content (AvgIpc) is 1.35. The van der Waals surface area contributed by atoms with Gasteiger partial charge in [-0.2, -0.15) is 0 Å². The molecule has 0 aromatic heterocycles. The van der Waals surface area contributed by atoms with Crippen LogP contribution < -0.4 is 5.73 Å². The molecule has 0 heterocycles. The Kier molecular flexibility index (Phi) is 2.58. The van der Waals surface area contributed by atoms with Crippen LogP contribution in [0.4, 0.5) is 0 Å². The number of nitrogens with two attached hydrogens (primary N) is 1. The maximum Gasteiger partial charge on any atom is 0.0813 e. The Morgan fingerprint density at radius 2 is 2.33 bits per heavy atom. The fourth-order valence-corrected chi connectivity index (χ4v) is 0.249. The summed E-state index contributed by atoms with van der Waals surface area (Å²) in [6, 6.07) is 0. The van der Waals surface area contributed by atoms with Crippen molar-refractivity contribution in [3.63, 3.8) is 0 Å². The van der Waals surface area contributed by atoms with Crippen LogP contribution in [0.5, 0.6) is 0 Å². The van der Waals surface area contributed by atoms with Gasteiger partial charge in [0.1, 0.15) is 0 Å². The molecule has 0 aliphatic rings. The minimum Gasteiger partial charge on any atom is -0.393 e. The van der Waals surface area contributed by atoms with Crippen molar-refractivity contribution in [2.24, 2.45) is 10.1 Å². The summed E-state index contributed by atoms with van der Waals surface area (Å²) in [4.78, 5) is 0. The lowest BCUT2D eigenvalue weighted by Gasteiger charge is -1.82. The van der Waals surface area contributed by atoms with Crippen LogP contribution in [-0.2, 0) is 0 Å². The predicted octanol–water partition coefficient (Wildman–Crippen LogP) is 0.765. The van der Waals surface area contributed by atoms with Crippen LogP contribution in [0.25, 0.3) is 0 Å². The highest BCUT2D eigenvalue weighted by Gasteiger charge is 1.73. The average molecular weight is 102 g/mol. The summed E-state index contributed by atoms with van der Waals surface area (Å²) in [7, 11) is 0. The van der Waals surface area contributed by atoms with Gasteiger partial charge in [-0.1, -0.05) is 6.58 Å². The summed E-state index contributed by atoms with van der Waals surface area (Å²) in [5.74, 6) is 0. The van der Waals surface area contributed by atoms with E-state index in [4.69, 9.17) is 5.73 Å². The van der Waals surface area contributed by atoms with Crippen LogP contribution in [0, 0.1) is 0 Å². The first-order chi connectivity index (χ1) is 2.77. The molecule has 0 aliphatic carbocycles. The van der Waals surface area contributed by atoms with Crippen molar-refractivity contribution >= 4 is 18.7 Å². The van der Waals surface area contributed by atoms with E-state index in [2.05, 4.69) is 17.7 Å². The molecule has 6 heavy (non-hydrogen) atoms. The lowest BCUT2D eigenvalue weighted by molar-refractivity contribution is 1.58. The second-order valence-electron chi connectivity index (χ2n) is 0.687. The Morgan fingerprint density at radius 3 is 2.33 bits per heavy atom. The third kappa shape index (κ3) is 3.56. The van der Waals surface area contributed by atoms with Gasteiger partial charge in [0.2, 0.25) is 0 Å². The van der Waals surface area contributed by atoms with E-state index in [1.54, 1.807) is 0 Å². The molecule has 0 atom stereocenters. The molecule has 0 bridgehead atoms. The van der Waals surface area contributed by atoms with Crippen molar-refractivity contribution < 1.29 is 0 Å². The third-order valence-corrected chi connectivity index (χ3v) is 0.545. The Morgan fingerprint density at radius 1 is 1.83 bits per heavy atom. The molecule has 0 amide bonds. The molecule has 2 nitrogen and oxygen atoms in total. The molecule has 34 valence electrons. The summed E-state index contributed by atoms with van der Waals surface area (Å²) in [6.45, 7) is 6.52. The van der Waals surface area contributed by atoms with Gasteiger partial charge in [0.25, 0.3) is 0 Å². The van der Waals surface area contributed by atoms with E-state index in [-0.39, 0.29) is 0 Å². The van der Waals surface area contributed by atoms with E-state index < -0.39 is 0 Å². The molecule has 0 saturated heterocycles. The lowest BCUT2D eigenvalue weighted by atomic mass is 11.1. The topological polar surface area (TPSA) is 38.4 Å². The largest absolute Gasteiger partial charge is 0.393 e. The fourth-order valence-electron chi connectivity index (χ4n) is 0.0829. The molecule has 0 spiro atoms. The summed E-state index contributed by atoms with van der Waals surface area (Å²) >= 11 is 1.08. The van der Waals surface area contributed by atoms with E-state index in [9.17, 15) is 0 Å². The van der Waals surface area contributed by atoms with Crippen molar-refractivity contribution in [3.8, 4) is 0 Å². The molecule has 0 unspecified atom stereocenters. The van der Waals surface area contributed by atoms with Crippen molar-refractivity contribution in [2.45, 2.75) is 0 Å². The SMILES string of the molecule is C=NSC(=C)N. The molecule has 0 rings (SSSR count). The van der Waals surface area contributed by atoms with Gasteiger partial charge in [0.05, 0.1) is 5.03 Å². The van der Waals surface area contributed by atoms with Gasteiger partial charge < -0.3 is 5.73 Å². The summed E-state index contributed by atoms with van der Waals surface area (Å²) in [5.41, 5.74) is 5.04. The van der Waals surface area contributed by atoms with Crippen molar-refractivity contribution in [3.05, 3.63) is 11.6 Å². The first-order valence-corrected chi connectivity index (χ1v) is 2.12. The molecule has 0 aromatic rings. The molecule has 0 saturated carbocycles. The second-order valence-corrected chi connectivity index (χ2v) is 1.65. The first kappa shape index (κ1) is 5.56. The molecule has 0 aliphatic heterocycles. The predicted molar refractivity (Wildman–Crippen MR) is 30.5 cm³/mol. The van der Waals surface area contributed by atoms with Crippen LogP contribution in [0.15, 0.2) is 16.0 Å². The van der Waals surface area contributed by atoms with Crippen LogP contribution in [-0.4, -0.2) is 6.72 Å². The van der Waals surface area contributed by atoms with Gasteiger partial charge in [-0.05, 0) is 6.72 Å². The number of rotatable bonds is 2. The summed E-state index contributed by atoms with van der Waals surface area (Å²) in [5, 5.41) is 0.477. The van der Waals surface area contributed by atoms with E-state index in [0.717, 1.165) is 11.9 Å². The molecule has 3 heteroatoms. The molecule has 0 radical (unpaired) electrons. The molecule has 0 aromatic carbocycles. The first-order valence-electron chi connectivity index (χ1n) is 1.35. The maximum atomic E-state index is 5.04. The Bertz CT molecular complexity index is 69.2. The van der Waals surface area contributed by atoms with Gasteiger partial charge >= 0.3 is 0 Å². The molecular formula is C3H6N2S. The van der Waals surface area contributed by atoms with Gasteiger partial charge in [0.15, 0.2) is 0 Å². The van der Waals surface area contributed by atoms with Crippen molar-refractivity contribution in [2.75, 3.05) is 0 Å². The van der Waals surface area contributed by atoms with Crippen LogP contribution >= 0.6 is 11.9 Å². The van der Waals surface area contributed by atoms with Gasteiger partial charge in [-0.15, -0.1) is 0 Å². The smallest absolute Gasteiger partial charge is 0.0813 e. The van der Waals surface area contributed by atoms with Gasteiger partial charge in [-0.25, -0.2) is 4.40 Å². The van der Waals surface area contributed by atoms with Crippen LogP contribution in [0.3, 0.4) is 0 Å². The minimum absolute atomic E-state index is 0.477. The normalized spacial score (nSPS) is 7.33. The highest BCUT2D eigenvalue weighted by Crippen LogP contribution is 2.04. The van der Waals surface area contributed by atoms with Gasteiger partial charge in [-0.3, -0.25) is 0 Å². The maximum absolute atomic E-state index is 5.04. The van der Waals surface area contributed by atoms with E-state index in [1.165, 1.54) is 0 Å². The lowest BCUT2D eigenvalue weighted by Crippen LogP contribution is -1.84. The monoisotopic (exact) mass is 102 g/mol. The van der Waals surface area contributed by atoms with E-state index in [1.807, 2.05) is 0 Å². The van der Waals surface area contributed by atoms with Crippen molar-refractivity contribution in [1.29, 1.82) is 0 Å². The summed E-state index contributed by atoms with van der Waals surface area (Å²) < 4.78 is 3.38. The van der Waals surface area contributed by atoms with Crippen LogP contribution in [0.1, 0.15) is 0 Å². The Hall–Kier alpha value is -0.440. The van der Waals surface area contributed by atoms with E-state index in [0.29, 0.717) is 5.03 Å². The quantitative estimate of drug-likeness (QED) is 0.413. The number of nitrogens with zero attached hydrogens (tertiary/aromatic N) is 1. The highest BCUT2D eigenvalue weighted by atomic mass is 32.2. The highest BCUT2D eigenvalue weighted by molar-refractivity contribution is 8.01. The standard InChI is InChI=1S/C3H6N2S/c1-3(4)6-5-2/h1-2,4H2. The number of hydrogen-bond donors (Lipinski definition) is 1. The fraction of sp³-hybridized carbons (Fsp3) is 0. The zero-order valence-corrected chi connectivity index (χ0v) is 4.16. The molecular weight excluding hydrogens is 96.1 g/mol. The zero-order valence-electron chi connectivity index (χ0n) is 3.35. The van der Waals surface area contributed by atoms with Crippen molar-refractivity contribution in [1.82, 2.24) is 0 Å². The second kappa shape index (κ2) is 2.78. The molecule has 0 fully saturated rings. The Labute approximate surface area is 41.3 Å². The van der Waals surface area contributed by atoms with E-state index >= 15 is 0 Å². The van der Waals surface area contributed by atoms with Crippen LogP contribution in [0.2, 0.25) is 0 Å². The zero-order chi connectivity index (χ0) is 4.99.